The van der Waals surface area contributed by atoms with Gasteiger partial charge in [-0.15, -0.1) is 0 Å². The molecule has 0 aliphatic rings. The second-order valence-electron chi connectivity index (χ2n) is 6.86. The lowest BCUT2D eigenvalue weighted by Gasteiger charge is -2.10. The molecule has 0 aliphatic carbocycles. The van der Waals surface area contributed by atoms with Gasteiger partial charge in [0.25, 0.3) is 0 Å². The van der Waals surface area contributed by atoms with Gasteiger partial charge in [0.2, 0.25) is 0 Å². The molecule has 0 unspecified atom stereocenters. The highest BCUT2D eigenvalue weighted by atomic mass is 16.4. The lowest BCUT2D eigenvalue weighted by molar-refractivity contribution is 0.0685. The molecular weight excluding hydrogens is 364 g/mol. The van der Waals surface area contributed by atoms with Crippen molar-refractivity contribution < 1.29 is 14.3 Å². The topological polar surface area (TPSA) is 67.4 Å². The highest BCUT2D eigenvalue weighted by molar-refractivity contribution is 5.98. The fourth-order valence-electron chi connectivity index (χ4n) is 3.63. The molecule has 0 radical (unpaired) electrons. The van der Waals surface area contributed by atoms with Crippen LogP contribution < -0.4 is 5.32 Å². The van der Waals surface area contributed by atoms with Gasteiger partial charge >= 0.3 is 5.97 Å². The molecule has 4 aromatic rings. The Hall–Kier alpha value is -3.57. The average Bonchev–Trinajstić information content (AvgIpc) is 3.36. The molecule has 4 rings (SSSR count). The van der Waals surface area contributed by atoms with E-state index in [1.165, 1.54) is 0 Å². The fraction of sp³-hybridized carbons (Fsp3) is 0.125. The number of benzene rings is 2. The van der Waals surface area contributed by atoms with E-state index in [0.29, 0.717) is 25.3 Å². The van der Waals surface area contributed by atoms with Crippen LogP contribution in [0.4, 0.5) is 0 Å². The molecule has 0 amide bonds. The number of fused-ring (bicyclic) bond motifs is 1. The molecule has 2 aromatic heterocycles. The Kier molecular flexibility index (Phi) is 5.31. The molecule has 29 heavy (non-hydrogen) atoms. The molecule has 2 N–H and O–H groups in total. The molecule has 0 bridgehead atoms. The Morgan fingerprint density at radius 1 is 1.07 bits per heavy atom. The van der Waals surface area contributed by atoms with Gasteiger partial charge < -0.3 is 19.4 Å². The van der Waals surface area contributed by atoms with Gasteiger partial charge in [-0.3, -0.25) is 0 Å². The Morgan fingerprint density at radius 3 is 2.55 bits per heavy atom. The normalized spacial score (nSPS) is 11.0. The highest BCUT2D eigenvalue weighted by Crippen LogP contribution is 2.28. The van der Waals surface area contributed by atoms with E-state index in [1.54, 1.807) is 12.3 Å². The van der Waals surface area contributed by atoms with E-state index in [-0.39, 0.29) is 0 Å². The molecule has 146 valence electrons. The number of nitrogens with one attached hydrogen (secondary N) is 1. The number of carboxylic acids is 1. The largest absolute Gasteiger partial charge is 0.477 e. The molecule has 0 atom stereocenters. The summed E-state index contributed by atoms with van der Waals surface area (Å²) in [5, 5.41) is 14.3. The van der Waals surface area contributed by atoms with Crippen LogP contribution in [0.1, 0.15) is 32.9 Å². The zero-order valence-electron chi connectivity index (χ0n) is 16.0. The molecular formula is C24H22N2O3. The summed E-state index contributed by atoms with van der Waals surface area (Å²) in [6, 6.07) is 19.5. The maximum atomic E-state index is 12.2. The maximum absolute atomic E-state index is 12.2. The number of hydrogen-bond acceptors (Lipinski definition) is 3. The molecule has 0 fully saturated rings. The summed E-state index contributed by atoms with van der Waals surface area (Å²) in [5.41, 5.74) is 4.07. The predicted molar refractivity (Wildman–Crippen MR) is 114 cm³/mol. The maximum Gasteiger partial charge on any atom is 0.352 e. The number of rotatable bonds is 8. The zero-order valence-corrected chi connectivity index (χ0v) is 16.0. The van der Waals surface area contributed by atoms with Crippen molar-refractivity contribution in [1.29, 1.82) is 0 Å². The van der Waals surface area contributed by atoms with Crippen molar-refractivity contribution >= 4 is 22.9 Å². The van der Waals surface area contributed by atoms with Gasteiger partial charge in [0.1, 0.15) is 11.5 Å². The first kappa shape index (κ1) is 18.8. The van der Waals surface area contributed by atoms with Gasteiger partial charge in [0, 0.05) is 29.6 Å². The van der Waals surface area contributed by atoms with Gasteiger partial charge in [-0.25, -0.2) is 4.79 Å². The molecule has 2 heterocycles. The van der Waals surface area contributed by atoms with E-state index in [9.17, 15) is 9.90 Å². The number of aromatic carboxylic acids is 1. The van der Waals surface area contributed by atoms with Crippen LogP contribution in [0.15, 0.2) is 77.9 Å². The predicted octanol–water partition coefficient (Wildman–Crippen LogP) is 4.91. The highest BCUT2D eigenvalue weighted by Gasteiger charge is 2.22. The van der Waals surface area contributed by atoms with Crippen LogP contribution in [-0.4, -0.2) is 15.6 Å². The van der Waals surface area contributed by atoms with Crippen LogP contribution in [0.3, 0.4) is 0 Å². The van der Waals surface area contributed by atoms with E-state index in [1.807, 2.05) is 65.2 Å². The van der Waals surface area contributed by atoms with Crippen molar-refractivity contribution in [1.82, 2.24) is 9.88 Å². The van der Waals surface area contributed by atoms with E-state index >= 15 is 0 Å². The summed E-state index contributed by atoms with van der Waals surface area (Å²) in [4.78, 5) is 12.2. The van der Waals surface area contributed by atoms with Crippen molar-refractivity contribution in [3.8, 4) is 0 Å². The van der Waals surface area contributed by atoms with Gasteiger partial charge in [0.15, 0.2) is 0 Å². The molecule has 0 aliphatic heterocycles. The zero-order chi connectivity index (χ0) is 20.2. The lowest BCUT2D eigenvalue weighted by Crippen LogP contribution is -2.17. The summed E-state index contributed by atoms with van der Waals surface area (Å²) in [7, 11) is 0. The van der Waals surface area contributed by atoms with Crippen LogP contribution in [0.25, 0.3) is 17.0 Å². The molecule has 5 nitrogen and oxygen atoms in total. The van der Waals surface area contributed by atoms with Crippen molar-refractivity contribution in [3.63, 3.8) is 0 Å². The lowest BCUT2D eigenvalue weighted by atomic mass is 10.1. The van der Waals surface area contributed by atoms with Crippen LogP contribution in [0.5, 0.6) is 0 Å². The summed E-state index contributed by atoms with van der Waals surface area (Å²) in [6.07, 6.45) is 3.42. The fourth-order valence-corrected chi connectivity index (χ4v) is 3.63. The molecule has 0 saturated heterocycles. The smallest absolute Gasteiger partial charge is 0.352 e. The van der Waals surface area contributed by atoms with E-state index in [2.05, 4.69) is 11.9 Å². The number of hydrogen-bond donors (Lipinski definition) is 2. The molecule has 0 saturated carbocycles. The van der Waals surface area contributed by atoms with E-state index < -0.39 is 5.97 Å². The van der Waals surface area contributed by atoms with Crippen LogP contribution in [-0.2, 0) is 19.6 Å². The first-order chi connectivity index (χ1) is 14.2. The number of carboxylic acid groups (broad SMARTS) is 1. The SMILES string of the molecule is C=Cc1ccc(Cn2c(C(=O)O)c(CNCc3ccco3)c3ccccc32)cc1. The molecule has 5 heteroatoms. The number of para-hydroxylation sites is 1. The van der Waals surface area contributed by atoms with Gasteiger partial charge in [0.05, 0.1) is 12.8 Å². The minimum Gasteiger partial charge on any atom is -0.477 e. The second-order valence-corrected chi connectivity index (χ2v) is 6.86. The molecule has 0 spiro atoms. The van der Waals surface area contributed by atoms with Gasteiger partial charge in [-0.2, -0.15) is 0 Å². The third-order valence-corrected chi connectivity index (χ3v) is 5.02. The third-order valence-electron chi connectivity index (χ3n) is 5.02. The number of nitrogens with zero attached hydrogens (tertiary/aromatic N) is 1. The Morgan fingerprint density at radius 2 is 1.86 bits per heavy atom. The minimum atomic E-state index is -0.932. The number of aromatic nitrogens is 1. The van der Waals surface area contributed by atoms with Gasteiger partial charge in [-0.1, -0.05) is 55.1 Å². The minimum absolute atomic E-state index is 0.311. The Bertz CT molecular complexity index is 1140. The monoisotopic (exact) mass is 386 g/mol. The van der Waals surface area contributed by atoms with Gasteiger partial charge in [-0.05, 0) is 29.3 Å². The standard InChI is InChI=1S/C24H22N2O3/c1-2-17-9-11-18(12-10-17)16-26-22-8-4-3-7-20(22)21(23(26)24(27)28)15-25-14-19-6-5-13-29-19/h2-13,25H,1,14-16H2,(H,27,28). The number of furan rings is 1. The van der Waals surface area contributed by atoms with Crippen LogP contribution in [0.2, 0.25) is 0 Å². The van der Waals surface area contributed by atoms with Crippen molar-refractivity contribution in [2.24, 2.45) is 0 Å². The Labute approximate surface area is 168 Å². The quantitative estimate of drug-likeness (QED) is 0.451. The summed E-state index contributed by atoms with van der Waals surface area (Å²) < 4.78 is 7.23. The van der Waals surface area contributed by atoms with E-state index in [4.69, 9.17) is 4.42 Å². The summed E-state index contributed by atoms with van der Waals surface area (Å²) in [6.45, 7) is 5.23. The second kappa shape index (κ2) is 8.20. The summed E-state index contributed by atoms with van der Waals surface area (Å²) in [5.74, 6) is -0.119. The van der Waals surface area contributed by atoms with E-state index in [0.717, 1.165) is 33.4 Å². The van der Waals surface area contributed by atoms with Crippen LogP contribution in [0, 0.1) is 0 Å². The van der Waals surface area contributed by atoms with Crippen molar-refractivity contribution in [2.75, 3.05) is 0 Å². The first-order valence-electron chi connectivity index (χ1n) is 9.45. The Balaban J connectivity index is 1.71. The van der Waals surface area contributed by atoms with Crippen LogP contribution >= 0.6 is 0 Å². The first-order valence-corrected chi connectivity index (χ1v) is 9.45. The molecule has 2 aromatic carbocycles. The third kappa shape index (κ3) is 3.86. The summed E-state index contributed by atoms with van der Waals surface area (Å²) >= 11 is 0. The van der Waals surface area contributed by atoms with Crippen molar-refractivity contribution in [2.45, 2.75) is 19.6 Å². The van der Waals surface area contributed by atoms with Crippen molar-refractivity contribution in [3.05, 3.63) is 102 Å². The number of carbonyl (C=O) groups is 1. The average molecular weight is 386 g/mol.